The number of aliphatic hydroxyl groups is 1. The molecule has 0 amide bonds. The normalized spacial score (nSPS) is 15.9. The van der Waals surface area contributed by atoms with Crippen LogP contribution >= 0.6 is 11.3 Å². The van der Waals surface area contributed by atoms with Gasteiger partial charge in [-0.3, -0.25) is 4.79 Å². The number of aromatic nitrogens is 1. The van der Waals surface area contributed by atoms with E-state index in [1.54, 1.807) is 0 Å². The Morgan fingerprint density at radius 1 is 1.13 bits per heavy atom. The summed E-state index contributed by atoms with van der Waals surface area (Å²) in [6.07, 6.45) is 5.20. The molecule has 4 nitrogen and oxygen atoms in total. The number of H-pyrrole nitrogens is 1. The van der Waals surface area contributed by atoms with E-state index in [2.05, 4.69) is 41.5 Å². The Labute approximate surface area is 179 Å². The Balaban J connectivity index is 1.60. The Morgan fingerprint density at radius 3 is 2.63 bits per heavy atom. The molecule has 0 bridgehead atoms. The van der Waals surface area contributed by atoms with Crippen molar-refractivity contribution in [2.45, 2.75) is 51.3 Å². The van der Waals surface area contributed by atoms with Gasteiger partial charge in [0.25, 0.3) is 5.56 Å². The van der Waals surface area contributed by atoms with E-state index in [0.717, 1.165) is 37.7 Å². The lowest BCUT2D eigenvalue weighted by molar-refractivity contribution is 0.282. The molecule has 0 spiro atoms. The van der Waals surface area contributed by atoms with Crippen molar-refractivity contribution in [3.8, 4) is 11.1 Å². The highest BCUT2D eigenvalue weighted by atomic mass is 32.1. The van der Waals surface area contributed by atoms with Crippen LogP contribution in [0.4, 0.5) is 0 Å². The van der Waals surface area contributed by atoms with Gasteiger partial charge in [-0.05, 0) is 59.5 Å². The number of hydrogen-bond acceptors (Lipinski definition) is 4. The molecule has 154 valence electrons. The zero-order chi connectivity index (χ0) is 20.7. The van der Waals surface area contributed by atoms with Crippen molar-refractivity contribution < 1.29 is 5.11 Å². The van der Waals surface area contributed by atoms with Gasteiger partial charge in [0, 0.05) is 28.4 Å². The molecule has 2 aromatic heterocycles. The number of nitrogens with one attached hydrogen (secondary N) is 2. The van der Waals surface area contributed by atoms with Crippen molar-refractivity contribution in [3.05, 3.63) is 69.3 Å². The van der Waals surface area contributed by atoms with E-state index in [0.29, 0.717) is 12.1 Å². The first-order valence-corrected chi connectivity index (χ1v) is 11.6. The number of hydrogen-bond donors (Lipinski definition) is 3. The molecule has 1 atom stereocenters. The molecule has 5 rings (SSSR count). The lowest BCUT2D eigenvalue weighted by Gasteiger charge is -2.20. The average molecular weight is 419 g/mol. The standard InChI is InChI=1S/C25H26N2O2S/c1-15(26-19-4-2-3-5-19)16-6-8-17(9-7-16)22-18(14-28)10-11-21-23(22)20-12-13-30-24(20)25(29)27-21/h6-13,15,19,26,28H,2-5,14H2,1H3,(H,27,29). The third-order valence-corrected chi connectivity index (χ3v) is 7.30. The third kappa shape index (κ3) is 3.37. The van der Waals surface area contributed by atoms with Crippen LogP contribution in [0.2, 0.25) is 0 Å². The maximum Gasteiger partial charge on any atom is 0.266 e. The zero-order valence-corrected chi connectivity index (χ0v) is 17.9. The second kappa shape index (κ2) is 7.99. The maximum atomic E-state index is 12.4. The minimum Gasteiger partial charge on any atom is -0.392 e. The van der Waals surface area contributed by atoms with E-state index in [4.69, 9.17) is 0 Å². The molecule has 4 aromatic rings. The van der Waals surface area contributed by atoms with E-state index in [1.165, 1.54) is 42.6 Å². The summed E-state index contributed by atoms with van der Waals surface area (Å²) in [7, 11) is 0. The lowest BCUT2D eigenvalue weighted by atomic mass is 9.92. The lowest BCUT2D eigenvalue weighted by Crippen LogP contribution is -2.28. The largest absolute Gasteiger partial charge is 0.392 e. The highest BCUT2D eigenvalue weighted by Gasteiger charge is 2.19. The first-order valence-electron chi connectivity index (χ1n) is 10.7. The number of rotatable bonds is 5. The molecular formula is C25H26N2O2S. The van der Waals surface area contributed by atoms with E-state index in [-0.39, 0.29) is 12.2 Å². The van der Waals surface area contributed by atoms with Gasteiger partial charge in [-0.25, -0.2) is 0 Å². The Kier molecular flexibility index (Phi) is 5.19. The molecule has 0 aliphatic heterocycles. The minimum atomic E-state index is -0.0580. The minimum absolute atomic E-state index is 0.0442. The molecule has 2 aromatic carbocycles. The van der Waals surface area contributed by atoms with E-state index < -0.39 is 0 Å². The molecular weight excluding hydrogens is 392 g/mol. The number of thiophene rings is 1. The van der Waals surface area contributed by atoms with Gasteiger partial charge in [0.05, 0.1) is 6.61 Å². The number of pyridine rings is 1. The highest BCUT2D eigenvalue weighted by Crippen LogP contribution is 2.37. The van der Waals surface area contributed by atoms with Crippen LogP contribution in [-0.4, -0.2) is 16.1 Å². The number of aliphatic hydroxyl groups excluding tert-OH is 1. The Hall–Kier alpha value is -2.47. The van der Waals surface area contributed by atoms with Gasteiger partial charge in [-0.15, -0.1) is 11.3 Å². The smallest absolute Gasteiger partial charge is 0.266 e. The van der Waals surface area contributed by atoms with Crippen LogP contribution in [0.25, 0.3) is 32.1 Å². The first kappa shape index (κ1) is 19.5. The number of aromatic amines is 1. The van der Waals surface area contributed by atoms with Crippen LogP contribution in [0.15, 0.2) is 52.6 Å². The van der Waals surface area contributed by atoms with Gasteiger partial charge >= 0.3 is 0 Å². The SMILES string of the molecule is CC(NC1CCCC1)c1ccc(-c2c(CO)ccc3[nH]c(=O)c4sccc4c23)cc1. The fourth-order valence-corrected chi connectivity index (χ4v) is 5.63. The number of benzene rings is 2. The summed E-state index contributed by atoms with van der Waals surface area (Å²) in [5.41, 5.74) is 4.94. The second-order valence-electron chi connectivity index (χ2n) is 8.29. The van der Waals surface area contributed by atoms with Gasteiger partial charge in [0.15, 0.2) is 0 Å². The van der Waals surface area contributed by atoms with Gasteiger partial charge in [-0.1, -0.05) is 43.2 Å². The van der Waals surface area contributed by atoms with Crippen molar-refractivity contribution >= 4 is 32.3 Å². The monoisotopic (exact) mass is 418 g/mol. The quantitative estimate of drug-likeness (QED) is 0.401. The zero-order valence-electron chi connectivity index (χ0n) is 17.1. The van der Waals surface area contributed by atoms with Gasteiger partial charge in [0.1, 0.15) is 4.70 Å². The molecule has 1 saturated carbocycles. The van der Waals surface area contributed by atoms with Crippen molar-refractivity contribution in [1.82, 2.24) is 10.3 Å². The fraction of sp³-hybridized carbons (Fsp3) is 0.320. The summed E-state index contributed by atoms with van der Waals surface area (Å²) < 4.78 is 0.727. The molecule has 5 heteroatoms. The van der Waals surface area contributed by atoms with Crippen molar-refractivity contribution in [3.63, 3.8) is 0 Å². The van der Waals surface area contributed by atoms with Crippen LogP contribution in [0.5, 0.6) is 0 Å². The molecule has 0 radical (unpaired) electrons. The molecule has 0 saturated heterocycles. The van der Waals surface area contributed by atoms with Crippen LogP contribution in [0, 0.1) is 0 Å². The molecule has 1 fully saturated rings. The van der Waals surface area contributed by atoms with Gasteiger partial charge < -0.3 is 15.4 Å². The van der Waals surface area contributed by atoms with Crippen LogP contribution < -0.4 is 10.9 Å². The molecule has 3 N–H and O–H groups in total. The highest BCUT2D eigenvalue weighted by molar-refractivity contribution is 7.17. The first-order chi connectivity index (χ1) is 14.7. The van der Waals surface area contributed by atoms with Gasteiger partial charge in [-0.2, -0.15) is 0 Å². The van der Waals surface area contributed by atoms with Gasteiger partial charge in [0.2, 0.25) is 0 Å². The molecule has 2 heterocycles. The molecule has 1 aliphatic carbocycles. The van der Waals surface area contributed by atoms with Crippen LogP contribution in [-0.2, 0) is 6.61 Å². The summed E-state index contributed by atoms with van der Waals surface area (Å²) in [5.74, 6) is 0. The summed E-state index contributed by atoms with van der Waals surface area (Å²) in [6, 6.07) is 15.4. The summed E-state index contributed by atoms with van der Waals surface area (Å²) in [4.78, 5) is 15.4. The predicted molar refractivity (Wildman–Crippen MR) is 125 cm³/mol. The Morgan fingerprint density at radius 2 is 1.90 bits per heavy atom. The van der Waals surface area contributed by atoms with Crippen LogP contribution in [0.1, 0.15) is 49.8 Å². The predicted octanol–water partition coefficient (Wildman–Crippen LogP) is 5.50. The van der Waals surface area contributed by atoms with E-state index in [9.17, 15) is 9.90 Å². The molecule has 1 unspecified atom stereocenters. The second-order valence-corrected chi connectivity index (χ2v) is 9.21. The summed E-state index contributed by atoms with van der Waals surface area (Å²) in [6.45, 7) is 2.18. The third-order valence-electron chi connectivity index (χ3n) is 6.39. The van der Waals surface area contributed by atoms with E-state index in [1.807, 2.05) is 23.6 Å². The summed E-state index contributed by atoms with van der Waals surface area (Å²) in [5, 5.41) is 17.7. The average Bonchev–Trinajstić information content (AvgIpc) is 3.45. The number of fused-ring (bicyclic) bond motifs is 3. The Bertz CT molecular complexity index is 1250. The maximum absolute atomic E-state index is 12.4. The van der Waals surface area contributed by atoms with Crippen molar-refractivity contribution in [2.75, 3.05) is 0 Å². The molecule has 30 heavy (non-hydrogen) atoms. The fourth-order valence-electron chi connectivity index (χ4n) is 4.83. The summed E-state index contributed by atoms with van der Waals surface area (Å²) >= 11 is 1.45. The molecule has 1 aliphatic rings. The van der Waals surface area contributed by atoms with Crippen molar-refractivity contribution in [2.24, 2.45) is 0 Å². The topological polar surface area (TPSA) is 65.1 Å². The van der Waals surface area contributed by atoms with Crippen molar-refractivity contribution in [1.29, 1.82) is 0 Å². The van der Waals surface area contributed by atoms with E-state index >= 15 is 0 Å². The van der Waals surface area contributed by atoms with Crippen LogP contribution in [0.3, 0.4) is 0 Å².